The number of aryl methyl sites for hydroxylation is 1. The van der Waals surface area contributed by atoms with Gasteiger partial charge in [-0.05, 0) is 24.8 Å². The molecule has 106 valence electrons. The second-order valence-corrected chi connectivity index (χ2v) is 6.26. The van der Waals surface area contributed by atoms with Crippen molar-refractivity contribution in [1.29, 1.82) is 5.26 Å². The van der Waals surface area contributed by atoms with E-state index in [4.69, 9.17) is 4.74 Å². The lowest BCUT2D eigenvalue weighted by molar-refractivity contribution is -0.117. The van der Waals surface area contributed by atoms with Gasteiger partial charge < -0.3 is 15.4 Å². The number of carbonyl (C=O) groups is 1. The zero-order valence-electron chi connectivity index (χ0n) is 11.2. The van der Waals surface area contributed by atoms with Crippen LogP contribution >= 0.6 is 11.3 Å². The minimum atomic E-state index is -0.0515. The fraction of sp³-hybridized carbons (Fsp3) is 0.571. The van der Waals surface area contributed by atoms with E-state index in [0.29, 0.717) is 25.2 Å². The first-order chi connectivity index (χ1) is 9.78. The molecule has 1 aliphatic carbocycles. The minimum Gasteiger partial charge on any atom is -0.378 e. The summed E-state index contributed by atoms with van der Waals surface area (Å²) >= 11 is 1.56. The van der Waals surface area contributed by atoms with Gasteiger partial charge in [0.25, 0.3) is 0 Å². The number of nitrogens with zero attached hydrogens (tertiary/aromatic N) is 1. The maximum absolute atomic E-state index is 12.1. The molecule has 6 heteroatoms. The number of hydrogen-bond donors (Lipinski definition) is 2. The number of carbonyl (C=O) groups excluding carboxylic acids is 1. The van der Waals surface area contributed by atoms with Crippen LogP contribution in [0.25, 0.3) is 0 Å². The molecule has 1 aromatic rings. The van der Waals surface area contributed by atoms with Gasteiger partial charge in [0, 0.05) is 23.9 Å². The Morgan fingerprint density at radius 3 is 3.20 bits per heavy atom. The van der Waals surface area contributed by atoms with Crippen LogP contribution in [0.3, 0.4) is 0 Å². The van der Waals surface area contributed by atoms with Crippen LogP contribution in [0.15, 0.2) is 0 Å². The first-order valence-electron chi connectivity index (χ1n) is 6.93. The largest absolute Gasteiger partial charge is 0.378 e. The highest BCUT2D eigenvalue weighted by molar-refractivity contribution is 7.16. The van der Waals surface area contributed by atoms with Gasteiger partial charge >= 0.3 is 0 Å². The number of anilines is 1. The number of amides is 1. The average Bonchev–Trinajstić information content (AvgIpc) is 3.00. The van der Waals surface area contributed by atoms with Crippen LogP contribution in [0.5, 0.6) is 0 Å². The molecule has 1 aromatic heterocycles. The van der Waals surface area contributed by atoms with Crippen molar-refractivity contribution in [3.05, 3.63) is 16.0 Å². The van der Waals surface area contributed by atoms with E-state index >= 15 is 0 Å². The molecule has 20 heavy (non-hydrogen) atoms. The molecule has 0 spiro atoms. The molecule has 0 radical (unpaired) electrons. The maximum atomic E-state index is 12.1. The number of morpholine rings is 1. The third kappa shape index (κ3) is 2.70. The SMILES string of the molecule is N#Cc1c(NC(=O)CC2COCCN2)sc2c1CCC2. The topological polar surface area (TPSA) is 74.2 Å². The third-order valence-corrected chi connectivity index (χ3v) is 4.92. The van der Waals surface area contributed by atoms with E-state index in [1.54, 1.807) is 11.3 Å². The number of thiophene rings is 1. The monoisotopic (exact) mass is 291 g/mol. The quantitative estimate of drug-likeness (QED) is 0.883. The first-order valence-corrected chi connectivity index (χ1v) is 7.75. The smallest absolute Gasteiger partial charge is 0.226 e. The van der Waals surface area contributed by atoms with E-state index in [9.17, 15) is 10.1 Å². The van der Waals surface area contributed by atoms with Crippen molar-refractivity contribution in [2.24, 2.45) is 0 Å². The van der Waals surface area contributed by atoms with Gasteiger partial charge in [-0.15, -0.1) is 11.3 Å². The Morgan fingerprint density at radius 1 is 1.55 bits per heavy atom. The highest BCUT2D eigenvalue weighted by atomic mass is 32.1. The van der Waals surface area contributed by atoms with E-state index in [-0.39, 0.29) is 11.9 Å². The van der Waals surface area contributed by atoms with Crippen LogP contribution < -0.4 is 10.6 Å². The summed E-state index contributed by atoms with van der Waals surface area (Å²) < 4.78 is 5.34. The molecule has 1 atom stereocenters. The van der Waals surface area contributed by atoms with Crippen LogP contribution in [-0.4, -0.2) is 31.7 Å². The van der Waals surface area contributed by atoms with Gasteiger partial charge in [0.2, 0.25) is 5.91 Å². The van der Waals surface area contributed by atoms with E-state index in [0.717, 1.165) is 36.4 Å². The highest BCUT2D eigenvalue weighted by Gasteiger charge is 2.24. The van der Waals surface area contributed by atoms with E-state index in [1.165, 1.54) is 4.88 Å². The van der Waals surface area contributed by atoms with Gasteiger partial charge in [-0.3, -0.25) is 4.79 Å². The molecule has 1 unspecified atom stereocenters. The molecule has 0 aromatic carbocycles. The zero-order chi connectivity index (χ0) is 13.9. The standard InChI is InChI=1S/C14H17N3O2S/c15-7-11-10-2-1-3-12(10)20-14(11)17-13(18)6-9-8-19-5-4-16-9/h9,16H,1-6,8H2,(H,17,18). The molecule has 1 amide bonds. The molecule has 1 saturated heterocycles. The number of hydrogen-bond acceptors (Lipinski definition) is 5. The lowest BCUT2D eigenvalue weighted by atomic mass is 10.1. The lowest BCUT2D eigenvalue weighted by Crippen LogP contribution is -2.43. The summed E-state index contributed by atoms with van der Waals surface area (Å²) in [5.74, 6) is -0.0515. The first kappa shape index (κ1) is 13.6. The van der Waals surface area contributed by atoms with Crippen LogP contribution in [0.4, 0.5) is 5.00 Å². The molecular weight excluding hydrogens is 274 g/mol. The van der Waals surface area contributed by atoms with Crippen LogP contribution in [0.2, 0.25) is 0 Å². The third-order valence-electron chi connectivity index (χ3n) is 3.72. The molecule has 0 saturated carbocycles. The van der Waals surface area contributed by atoms with Gasteiger partial charge in [-0.1, -0.05) is 0 Å². The summed E-state index contributed by atoms with van der Waals surface area (Å²) in [7, 11) is 0. The summed E-state index contributed by atoms with van der Waals surface area (Å²) in [6.07, 6.45) is 3.49. The van der Waals surface area contributed by atoms with Gasteiger partial charge in [0.1, 0.15) is 11.1 Å². The Kier molecular flexibility index (Phi) is 4.01. The molecule has 1 fully saturated rings. The Balaban J connectivity index is 1.65. The lowest BCUT2D eigenvalue weighted by Gasteiger charge is -2.23. The number of rotatable bonds is 3. The normalized spacial score (nSPS) is 21.2. The van der Waals surface area contributed by atoms with Crippen molar-refractivity contribution in [2.45, 2.75) is 31.7 Å². The summed E-state index contributed by atoms with van der Waals surface area (Å²) in [6, 6.07) is 2.31. The van der Waals surface area contributed by atoms with Crippen molar-refractivity contribution >= 4 is 22.2 Å². The summed E-state index contributed by atoms with van der Waals surface area (Å²) in [6.45, 7) is 2.06. The molecule has 5 nitrogen and oxygen atoms in total. The number of fused-ring (bicyclic) bond motifs is 1. The van der Waals surface area contributed by atoms with E-state index in [1.807, 2.05) is 0 Å². The second kappa shape index (κ2) is 5.92. The summed E-state index contributed by atoms with van der Waals surface area (Å²) in [4.78, 5) is 13.3. The fourth-order valence-corrected chi connectivity index (χ4v) is 4.02. The molecule has 1 aliphatic heterocycles. The Morgan fingerprint density at radius 2 is 2.45 bits per heavy atom. The molecular formula is C14H17N3O2S. The number of nitriles is 1. The number of nitrogens with one attached hydrogen (secondary N) is 2. The highest BCUT2D eigenvalue weighted by Crippen LogP contribution is 2.38. The Labute approximate surface area is 121 Å². The Hall–Kier alpha value is -1.42. The van der Waals surface area contributed by atoms with Gasteiger partial charge in [-0.25, -0.2) is 0 Å². The average molecular weight is 291 g/mol. The molecule has 2 aliphatic rings. The van der Waals surface area contributed by atoms with Crippen LogP contribution in [0, 0.1) is 11.3 Å². The number of ether oxygens (including phenoxy) is 1. The predicted octanol–water partition coefficient (Wildman–Crippen LogP) is 1.43. The van der Waals surface area contributed by atoms with Crippen molar-refractivity contribution in [3.63, 3.8) is 0 Å². The molecule has 0 bridgehead atoms. The Bertz CT molecular complexity index is 556. The van der Waals surface area contributed by atoms with Gasteiger partial charge in [0.05, 0.1) is 18.8 Å². The molecule has 3 rings (SSSR count). The summed E-state index contributed by atoms with van der Waals surface area (Å²) in [5, 5.41) is 16.2. The van der Waals surface area contributed by atoms with Crippen molar-refractivity contribution in [1.82, 2.24) is 5.32 Å². The van der Waals surface area contributed by atoms with Crippen molar-refractivity contribution in [2.75, 3.05) is 25.1 Å². The van der Waals surface area contributed by atoms with Crippen LogP contribution in [-0.2, 0) is 22.4 Å². The van der Waals surface area contributed by atoms with Gasteiger partial charge in [0.15, 0.2) is 0 Å². The zero-order valence-corrected chi connectivity index (χ0v) is 12.0. The predicted molar refractivity (Wildman–Crippen MR) is 76.9 cm³/mol. The minimum absolute atomic E-state index is 0.0515. The van der Waals surface area contributed by atoms with Gasteiger partial charge in [-0.2, -0.15) is 5.26 Å². The van der Waals surface area contributed by atoms with E-state index < -0.39 is 0 Å². The fourth-order valence-electron chi connectivity index (χ4n) is 2.76. The van der Waals surface area contributed by atoms with Crippen LogP contribution in [0.1, 0.15) is 28.8 Å². The second-order valence-electron chi connectivity index (χ2n) is 5.15. The maximum Gasteiger partial charge on any atom is 0.226 e. The van der Waals surface area contributed by atoms with E-state index in [2.05, 4.69) is 16.7 Å². The van der Waals surface area contributed by atoms with Crippen molar-refractivity contribution in [3.8, 4) is 6.07 Å². The molecule has 2 N–H and O–H groups in total. The summed E-state index contributed by atoms with van der Waals surface area (Å²) in [5.41, 5.74) is 1.82. The molecule has 2 heterocycles. The van der Waals surface area contributed by atoms with Crippen molar-refractivity contribution < 1.29 is 9.53 Å².